The topological polar surface area (TPSA) is 56.2 Å². The second kappa shape index (κ2) is 7.13. The number of carbonyl (C=O) groups excluding carboxylic acids is 1. The predicted octanol–water partition coefficient (Wildman–Crippen LogP) is 4.28. The molecule has 0 spiro atoms. The van der Waals surface area contributed by atoms with E-state index in [1.54, 1.807) is 0 Å². The first-order chi connectivity index (χ1) is 10.3. The fraction of sp³-hybridized carbons (Fsp3) is 0.467. The van der Waals surface area contributed by atoms with Crippen molar-refractivity contribution in [3.63, 3.8) is 0 Å². The molecule has 2 rings (SSSR count). The van der Waals surface area contributed by atoms with Crippen molar-refractivity contribution in [3.8, 4) is 0 Å². The molecule has 0 fully saturated rings. The van der Waals surface area contributed by atoms with Gasteiger partial charge >= 0.3 is 6.09 Å². The largest absolute Gasteiger partial charge is 0.444 e. The first kappa shape index (κ1) is 17.5. The standard InChI is InChI=1S/C15H21IN3O2P/c1-10(18-14(20)21-15(2,3)4)8-11-6-5-7-13-12(11)9-17-19(13)22-16/h5-7,9-10,22H,8H2,1-4H3,(H,18,20)/t10-/m1/s1. The van der Waals surface area contributed by atoms with E-state index in [9.17, 15) is 4.79 Å². The van der Waals surface area contributed by atoms with Crippen LogP contribution in [0.1, 0.15) is 33.3 Å². The molecule has 1 amide bonds. The summed E-state index contributed by atoms with van der Waals surface area (Å²) in [4.78, 5) is 11.8. The summed E-state index contributed by atoms with van der Waals surface area (Å²) in [5, 5.41) is 8.43. The van der Waals surface area contributed by atoms with Gasteiger partial charge in [0, 0.05) is 11.4 Å². The van der Waals surface area contributed by atoms with Crippen molar-refractivity contribution in [3.05, 3.63) is 30.0 Å². The molecule has 1 N–H and O–H groups in total. The van der Waals surface area contributed by atoms with Crippen LogP contribution in [0.25, 0.3) is 10.9 Å². The third kappa shape index (κ3) is 4.56. The van der Waals surface area contributed by atoms with E-state index < -0.39 is 5.60 Å². The zero-order chi connectivity index (χ0) is 16.3. The molecule has 0 radical (unpaired) electrons. The van der Waals surface area contributed by atoms with Gasteiger partial charge in [-0.1, -0.05) is 12.1 Å². The number of hydrogen-bond donors (Lipinski definition) is 1. The number of carbonyl (C=O) groups is 1. The lowest BCUT2D eigenvalue weighted by molar-refractivity contribution is 0.0508. The molecular weight excluding hydrogens is 412 g/mol. The van der Waals surface area contributed by atoms with Gasteiger partial charge in [-0.3, -0.25) is 0 Å². The molecule has 0 bridgehead atoms. The molecule has 0 aliphatic carbocycles. The second-order valence-corrected chi connectivity index (χ2v) is 8.28. The van der Waals surface area contributed by atoms with E-state index >= 15 is 0 Å². The molecule has 0 aliphatic rings. The lowest BCUT2D eigenvalue weighted by Gasteiger charge is -2.22. The Hall–Kier alpha value is -0.880. The summed E-state index contributed by atoms with van der Waals surface area (Å²) in [6, 6.07) is 6.18. The number of rotatable bonds is 4. The van der Waals surface area contributed by atoms with Gasteiger partial charge in [0.05, 0.1) is 18.1 Å². The lowest BCUT2D eigenvalue weighted by atomic mass is 10.0. The van der Waals surface area contributed by atoms with Crippen molar-refractivity contribution < 1.29 is 9.53 Å². The monoisotopic (exact) mass is 433 g/mol. The molecule has 1 unspecified atom stereocenters. The number of hydrogen-bond acceptors (Lipinski definition) is 3. The van der Waals surface area contributed by atoms with Crippen molar-refractivity contribution >= 4 is 45.4 Å². The fourth-order valence-electron chi connectivity index (χ4n) is 2.25. The van der Waals surface area contributed by atoms with Gasteiger partial charge in [-0.15, -0.1) is 0 Å². The van der Waals surface area contributed by atoms with E-state index in [1.807, 2.05) is 44.4 Å². The Morgan fingerprint density at radius 1 is 1.50 bits per heavy atom. The van der Waals surface area contributed by atoms with Gasteiger partial charge in [0.2, 0.25) is 0 Å². The summed E-state index contributed by atoms with van der Waals surface area (Å²) >= 11 is 2.32. The molecule has 0 aliphatic heterocycles. The highest BCUT2D eigenvalue weighted by molar-refractivity contribution is 14.2. The van der Waals surface area contributed by atoms with Crippen molar-refractivity contribution in [1.82, 2.24) is 14.9 Å². The van der Waals surface area contributed by atoms with E-state index in [1.165, 1.54) is 5.56 Å². The Balaban J connectivity index is 2.07. The Kier molecular flexibility index (Phi) is 5.66. The van der Waals surface area contributed by atoms with Crippen LogP contribution in [-0.2, 0) is 11.2 Å². The van der Waals surface area contributed by atoms with Gasteiger partial charge in [0.25, 0.3) is 0 Å². The van der Waals surface area contributed by atoms with Crippen LogP contribution < -0.4 is 5.32 Å². The lowest BCUT2D eigenvalue weighted by Crippen LogP contribution is -2.38. The quantitative estimate of drug-likeness (QED) is 0.579. The van der Waals surface area contributed by atoms with E-state index in [0.717, 1.165) is 17.3 Å². The Morgan fingerprint density at radius 2 is 2.23 bits per heavy atom. The van der Waals surface area contributed by atoms with Crippen LogP contribution in [0.5, 0.6) is 0 Å². The third-order valence-electron chi connectivity index (χ3n) is 3.07. The van der Waals surface area contributed by atoms with Crippen LogP contribution in [0.2, 0.25) is 0 Å². The summed E-state index contributed by atoms with van der Waals surface area (Å²) < 4.78 is 7.28. The maximum Gasteiger partial charge on any atom is 0.407 e. The molecule has 0 saturated carbocycles. The average Bonchev–Trinajstić information content (AvgIpc) is 2.80. The predicted molar refractivity (Wildman–Crippen MR) is 100 cm³/mol. The van der Waals surface area contributed by atoms with Crippen LogP contribution in [0, 0.1) is 0 Å². The number of nitrogens with zero attached hydrogens (tertiary/aromatic N) is 2. The molecule has 1 aromatic heterocycles. The number of alkyl carbamates (subject to hydrolysis) is 1. The van der Waals surface area contributed by atoms with Crippen LogP contribution in [0.4, 0.5) is 4.79 Å². The molecule has 7 heteroatoms. The zero-order valence-corrected chi connectivity index (χ0v) is 16.3. The van der Waals surface area contributed by atoms with Crippen molar-refractivity contribution in [2.24, 2.45) is 0 Å². The smallest absolute Gasteiger partial charge is 0.407 e. The third-order valence-corrected chi connectivity index (χ3v) is 4.96. The Labute approximate surface area is 145 Å². The summed E-state index contributed by atoms with van der Waals surface area (Å²) in [5.41, 5.74) is 1.84. The van der Waals surface area contributed by atoms with Crippen LogP contribution in [0.3, 0.4) is 0 Å². The number of halogens is 1. The molecule has 2 aromatic rings. The van der Waals surface area contributed by atoms with E-state index in [0.29, 0.717) is 6.37 Å². The second-order valence-electron chi connectivity index (χ2n) is 6.24. The van der Waals surface area contributed by atoms with Crippen LogP contribution in [-0.4, -0.2) is 27.3 Å². The van der Waals surface area contributed by atoms with E-state index in [4.69, 9.17) is 4.74 Å². The van der Waals surface area contributed by atoms with Gasteiger partial charge in [0.15, 0.2) is 0 Å². The number of aromatic nitrogens is 2. The van der Waals surface area contributed by atoms with Gasteiger partial charge < -0.3 is 10.1 Å². The Morgan fingerprint density at radius 3 is 2.86 bits per heavy atom. The minimum Gasteiger partial charge on any atom is -0.444 e. The summed E-state index contributed by atoms with van der Waals surface area (Å²) in [5.74, 6) is 0. The normalized spacial score (nSPS) is 13.7. The number of ether oxygens (including phenoxy) is 1. The first-order valence-corrected chi connectivity index (χ1v) is 11.2. The highest BCUT2D eigenvalue weighted by atomic mass is 127. The van der Waals surface area contributed by atoms with E-state index in [2.05, 4.69) is 44.6 Å². The summed E-state index contributed by atoms with van der Waals surface area (Å²) in [6.45, 7) is 7.55. The maximum atomic E-state index is 11.8. The fourth-order valence-corrected chi connectivity index (χ4v) is 3.79. The molecule has 120 valence electrons. The minimum atomic E-state index is -0.480. The highest BCUT2D eigenvalue weighted by Crippen LogP contribution is 2.29. The number of benzene rings is 1. The number of nitrogens with one attached hydrogen (secondary N) is 1. The SMILES string of the molecule is C[C@H](Cc1cccc2c1cnn2PI)NC(=O)OC(C)(C)C. The molecular formula is C15H21IN3O2P. The van der Waals surface area contributed by atoms with Crippen molar-refractivity contribution in [2.45, 2.75) is 45.8 Å². The molecule has 5 nitrogen and oxygen atoms in total. The van der Waals surface area contributed by atoms with E-state index in [-0.39, 0.29) is 12.1 Å². The van der Waals surface area contributed by atoms with Gasteiger partial charge in [-0.05, 0) is 67.8 Å². The first-order valence-electron chi connectivity index (χ1n) is 7.12. The van der Waals surface area contributed by atoms with Gasteiger partial charge in [-0.2, -0.15) is 5.10 Å². The minimum absolute atomic E-state index is 0.00847. The Bertz CT molecular complexity index is 666. The summed E-state index contributed by atoms with van der Waals surface area (Å²) in [7, 11) is 0. The highest BCUT2D eigenvalue weighted by Gasteiger charge is 2.18. The van der Waals surface area contributed by atoms with Crippen LogP contribution in [0.15, 0.2) is 24.4 Å². The maximum absolute atomic E-state index is 11.8. The summed E-state index contributed by atoms with van der Waals surface area (Å²) in [6.07, 6.45) is 2.84. The average molecular weight is 433 g/mol. The van der Waals surface area contributed by atoms with Crippen molar-refractivity contribution in [2.75, 3.05) is 0 Å². The number of fused-ring (bicyclic) bond motifs is 1. The number of amides is 1. The molecule has 0 saturated heterocycles. The van der Waals surface area contributed by atoms with Gasteiger partial charge in [-0.25, -0.2) is 9.25 Å². The molecule has 2 atom stereocenters. The van der Waals surface area contributed by atoms with Crippen molar-refractivity contribution in [1.29, 1.82) is 0 Å². The molecule has 1 aromatic carbocycles. The molecule has 22 heavy (non-hydrogen) atoms. The van der Waals surface area contributed by atoms with Gasteiger partial charge in [0.1, 0.15) is 5.60 Å². The zero-order valence-electron chi connectivity index (χ0n) is 13.2. The molecule has 1 heterocycles. The van der Waals surface area contributed by atoms with Crippen LogP contribution >= 0.6 is 28.4 Å².